The first-order valence-corrected chi connectivity index (χ1v) is 9.25. The zero-order chi connectivity index (χ0) is 17.9. The van der Waals surface area contributed by atoms with Gasteiger partial charge in [0, 0.05) is 43.3 Å². The zero-order valence-corrected chi connectivity index (χ0v) is 18.3. The van der Waals surface area contributed by atoms with E-state index < -0.39 is 0 Å². The zero-order valence-electron chi connectivity index (χ0n) is 15.1. The van der Waals surface area contributed by atoms with E-state index in [1.807, 2.05) is 36.6 Å². The lowest BCUT2D eigenvalue weighted by atomic mass is 10.2. The molecular formula is C18H26IN5OS. The number of pyridine rings is 1. The molecule has 8 heteroatoms. The molecule has 2 N–H and O–H groups in total. The molecule has 0 aliphatic rings. The maximum absolute atomic E-state index is 12.3. The average molecular weight is 487 g/mol. The highest BCUT2D eigenvalue weighted by molar-refractivity contribution is 14.0. The van der Waals surface area contributed by atoms with Crippen molar-refractivity contribution in [2.75, 3.05) is 26.7 Å². The molecule has 2 heterocycles. The normalized spacial score (nSPS) is 10.8. The van der Waals surface area contributed by atoms with Crippen molar-refractivity contribution in [1.29, 1.82) is 0 Å². The summed E-state index contributed by atoms with van der Waals surface area (Å²) in [6.45, 7) is 4.21. The summed E-state index contributed by atoms with van der Waals surface area (Å²) in [4.78, 5) is 23.8. The number of thiophene rings is 1. The molecule has 2 aromatic heterocycles. The molecule has 0 aliphatic carbocycles. The fourth-order valence-electron chi connectivity index (χ4n) is 2.15. The summed E-state index contributed by atoms with van der Waals surface area (Å²) < 4.78 is 0. The predicted molar refractivity (Wildman–Crippen MR) is 118 cm³/mol. The largest absolute Gasteiger partial charge is 0.357 e. The molecule has 0 aliphatic heterocycles. The molecule has 0 radical (unpaired) electrons. The number of aliphatic imine (C=N–C) groups is 1. The molecule has 0 aromatic carbocycles. The van der Waals surface area contributed by atoms with Gasteiger partial charge in [-0.2, -0.15) is 0 Å². The number of nitrogens with one attached hydrogen (secondary N) is 2. The van der Waals surface area contributed by atoms with Gasteiger partial charge in [0.05, 0.1) is 6.54 Å². The number of guanidine groups is 1. The molecule has 26 heavy (non-hydrogen) atoms. The molecule has 142 valence electrons. The first kappa shape index (κ1) is 22.4. The van der Waals surface area contributed by atoms with Gasteiger partial charge in [0.25, 0.3) is 0 Å². The van der Waals surface area contributed by atoms with Crippen molar-refractivity contribution >= 4 is 47.2 Å². The molecule has 0 saturated heterocycles. The van der Waals surface area contributed by atoms with Gasteiger partial charge >= 0.3 is 0 Å². The van der Waals surface area contributed by atoms with Gasteiger partial charge in [0.15, 0.2) is 5.96 Å². The number of nitrogens with zero attached hydrogens (tertiary/aromatic N) is 3. The third-order valence-corrected chi connectivity index (χ3v) is 4.46. The molecule has 0 bridgehead atoms. The molecule has 0 fully saturated rings. The minimum atomic E-state index is -0.00995. The van der Waals surface area contributed by atoms with E-state index in [1.165, 1.54) is 4.88 Å². The Morgan fingerprint density at radius 2 is 2.12 bits per heavy atom. The summed E-state index contributed by atoms with van der Waals surface area (Å²) in [5, 5.41) is 8.45. The second-order valence-electron chi connectivity index (χ2n) is 5.51. The van der Waals surface area contributed by atoms with Crippen molar-refractivity contribution in [1.82, 2.24) is 20.5 Å². The lowest BCUT2D eigenvalue weighted by Gasteiger charge is -2.16. The molecule has 0 saturated carbocycles. The van der Waals surface area contributed by atoms with Gasteiger partial charge < -0.3 is 15.5 Å². The van der Waals surface area contributed by atoms with Crippen LogP contribution < -0.4 is 10.6 Å². The molecule has 0 spiro atoms. The Morgan fingerprint density at radius 3 is 2.77 bits per heavy atom. The third kappa shape index (κ3) is 8.13. The molecular weight excluding hydrogens is 461 g/mol. The van der Waals surface area contributed by atoms with E-state index in [4.69, 9.17) is 0 Å². The number of carbonyl (C=O) groups is 1. The van der Waals surface area contributed by atoms with E-state index in [1.54, 1.807) is 29.5 Å². The summed E-state index contributed by atoms with van der Waals surface area (Å²) in [7, 11) is 1.80. The lowest BCUT2D eigenvalue weighted by Crippen LogP contribution is -2.38. The van der Waals surface area contributed by atoms with Gasteiger partial charge in [0.2, 0.25) is 5.91 Å². The van der Waals surface area contributed by atoms with Crippen LogP contribution in [0.25, 0.3) is 0 Å². The van der Waals surface area contributed by atoms with Crippen molar-refractivity contribution in [3.63, 3.8) is 0 Å². The number of likely N-dealkylation sites (N-methyl/N-ethyl adjacent to an activating group) is 1. The van der Waals surface area contributed by atoms with Crippen LogP contribution in [0.15, 0.2) is 46.9 Å². The number of rotatable bonds is 8. The smallest absolute Gasteiger partial charge is 0.244 e. The Labute approximate surface area is 176 Å². The van der Waals surface area contributed by atoms with Crippen molar-refractivity contribution in [3.8, 4) is 0 Å². The Balaban J connectivity index is 0.00000338. The van der Waals surface area contributed by atoms with Crippen molar-refractivity contribution in [3.05, 3.63) is 52.5 Å². The lowest BCUT2D eigenvalue weighted by molar-refractivity contribution is -0.128. The number of aromatic nitrogens is 1. The summed E-state index contributed by atoms with van der Waals surface area (Å²) in [6, 6.07) is 9.90. The number of halogens is 1. The van der Waals surface area contributed by atoms with E-state index in [0.29, 0.717) is 19.0 Å². The number of amides is 1. The van der Waals surface area contributed by atoms with Crippen LogP contribution in [0.4, 0.5) is 0 Å². The first-order valence-electron chi connectivity index (χ1n) is 8.37. The van der Waals surface area contributed by atoms with Crippen molar-refractivity contribution in [2.45, 2.75) is 19.9 Å². The quantitative estimate of drug-likeness (QED) is 0.341. The number of hydrogen-bond acceptors (Lipinski definition) is 4. The van der Waals surface area contributed by atoms with E-state index in [-0.39, 0.29) is 36.4 Å². The van der Waals surface area contributed by atoms with Gasteiger partial charge in [-0.1, -0.05) is 12.1 Å². The van der Waals surface area contributed by atoms with Gasteiger partial charge in [0.1, 0.15) is 6.54 Å². The Hall–Kier alpha value is -1.68. The number of hydrogen-bond donors (Lipinski definition) is 2. The highest BCUT2D eigenvalue weighted by Crippen LogP contribution is 2.07. The summed E-state index contributed by atoms with van der Waals surface area (Å²) in [5.74, 6) is 0.645. The van der Waals surface area contributed by atoms with Gasteiger partial charge in [-0.05, 0) is 30.5 Å². The van der Waals surface area contributed by atoms with Crippen LogP contribution in [0.2, 0.25) is 0 Å². The van der Waals surface area contributed by atoms with Gasteiger partial charge in [-0.15, -0.1) is 35.3 Å². The Kier molecular flexibility index (Phi) is 10.9. The monoisotopic (exact) mass is 487 g/mol. The summed E-state index contributed by atoms with van der Waals surface area (Å²) in [5.41, 5.74) is 0.983. The highest BCUT2D eigenvalue weighted by Gasteiger charge is 2.09. The van der Waals surface area contributed by atoms with E-state index in [2.05, 4.69) is 26.7 Å². The molecule has 2 rings (SSSR count). The predicted octanol–water partition coefficient (Wildman–Crippen LogP) is 2.52. The minimum absolute atomic E-state index is 0. The van der Waals surface area contributed by atoms with Crippen LogP contribution in [-0.2, 0) is 17.8 Å². The van der Waals surface area contributed by atoms with Crippen LogP contribution in [0.3, 0.4) is 0 Å². The third-order valence-electron chi connectivity index (χ3n) is 3.58. The average Bonchev–Trinajstić information content (AvgIpc) is 3.16. The minimum Gasteiger partial charge on any atom is -0.357 e. The van der Waals surface area contributed by atoms with Crippen molar-refractivity contribution in [2.24, 2.45) is 4.99 Å². The summed E-state index contributed by atoms with van der Waals surface area (Å²) >= 11 is 1.69. The van der Waals surface area contributed by atoms with Crippen LogP contribution >= 0.6 is 35.3 Å². The van der Waals surface area contributed by atoms with E-state index in [0.717, 1.165) is 18.7 Å². The fraction of sp³-hybridized carbons (Fsp3) is 0.389. The van der Waals surface area contributed by atoms with Gasteiger partial charge in [-0.25, -0.2) is 4.99 Å². The van der Waals surface area contributed by atoms with E-state index >= 15 is 0 Å². The maximum atomic E-state index is 12.3. The molecule has 1 amide bonds. The van der Waals surface area contributed by atoms with Crippen LogP contribution in [0, 0.1) is 0 Å². The summed E-state index contributed by atoms with van der Waals surface area (Å²) in [6.07, 6.45) is 2.51. The SMILES string of the molecule is CCNC(=NCC(=O)N(C)CCc1ccccn1)NCc1cccs1.I. The molecule has 0 unspecified atom stereocenters. The second-order valence-corrected chi connectivity index (χ2v) is 6.55. The van der Waals surface area contributed by atoms with Crippen LogP contribution in [0.1, 0.15) is 17.5 Å². The number of carbonyl (C=O) groups excluding carboxylic acids is 1. The standard InChI is InChI=1S/C18H25N5OS.HI/c1-3-19-18(21-13-16-8-6-12-25-16)22-14-17(24)23(2)11-9-15-7-4-5-10-20-15;/h4-8,10,12H,3,9,11,13-14H2,1-2H3,(H2,19,21,22);1H. The maximum Gasteiger partial charge on any atom is 0.244 e. The fourth-order valence-corrected chi connectivity index (χ4v) is 2.79. The van der Waals surface area contributed by atoms with Gasteiger partial charge in [-0.3, -0.25) is 9.78 Å². The first-order chi connectivity index (χ1) is 12.2. The topological polar surface area (TPSA) is 69.6 Å². The Bertz CT molecular complexity index is 663. The highest BCUT2D eigenvalue weighted by atomic mass is 127. The molecule has 0 atom stereocenters. The second kappa shape index (κ2) is 12.6. The van der Waals surface area contributed by atoms with Crippen LogP contribution in [0.5, 0.6) is 0 Å². The van der Waals surface area contributed by atoms with Crippen LogP contribution in [-0.4, -0.2) is 48.4 Å². The van der Waals surface area contributed by atoms with Crippen molar-refractivity contribution < 1.29 is 4.79 Å². The molecule has 2 aromatic rings. The Morgan fingerprint density at radius 1 is 1.27 bits per heavy atom. The van der Waals surface area contributed by atoms with E-state index in [9.17, 15) is 4.79 Å². The molecule has 6 nitrogen and oxygen atoms in total.